The van der Waals surface area contributed by atoms with E-state index in [-0.39, 0.29) is 85.8 Å². The van der Waals surface area contributed by atoms with Crippen molar-refractivity contribution in [3.8, 4) is 0 Å². The fourth-order valence-electron chi connectivity index (χ4n) is 3.64. The van der Waals surface area contributed by atoms with Gasteiger partial charge in [-0.3, -0.25) is 4.57 Å². The summed E-state index contributed by atoms with van der Waals surface area (Å²) in [6.07, 6.45) is -0.991. The molecule has 7 atom stereocenters. The van der Waals surface area contributed by atoms with E-state index in [0.29, 0.717) is 12.8 Å². The van der Waals surface area contributed by atoms with Crippen molar-refractivity contribution in [2.75, 3.05) is 13.2 Å². The van der Waals surface area contributed by atoms with E-state index in [4.69, 9.17) is 33.7 Å². The minimum absolute atomic E-state index is 0. The zero-order chi connectivity index (χ0) is 21.8. The second-order valence-corrected chi connectivity index (χ2v) is 9.76. The number of rotatable bonds is 11. The normalized spacial score (nSPS) is 35.1. The Hall–Kier alpha value is 1.29. The molecule has 2 unspecified atom stereocenters. The molecule has 2 fully saturated rings. The first-order valence-corrected chi connectivity index (χ1v) is 11.7. The van der Waals surface area contributed by atoms with Crippen molar-refractivity contribution in [1.29, 1.82) is 0 Å². The van der Waals surface area contributed by atoms with Crippen LogP contribution in [0, 0.1) is 6.61 Å². The molecule has 184 valence electrons. The Morgan fingerprint density at radius 3 is 2.35 bits per heavy atom. The summed E-state index contributed by atoms with van der Waals surface area (Å²) in [6, 6.07) is 0. The summed E-state index contributed by atoms with van der Waals surface area (Å²) < 4.78 is 46.0. The number of phosphoric acid groups is 1. The van der Waals surface area contributed by atoms with Crippen molar-refractivity contribution in [1.82, 2.24) is 0 Å². The van der Waals surface area contributed by atoms with Crippen molar-refractivity contribution in [2.45, 2.75) is 103 Å². The maximum atomic E-state index is 12.5. The van der Waals surface area contributed by atoms with Crippen molar-refractivity contribution in [2.24, 2.45) is 5.73 Å². The van der Waals surface area contributed by atoms with E-state index in [1.54, 1.807) is 0 Å². The van der Waals surface area contributed by atoms with Crippen LogP contribution in [0.5, 0.6) is 0 Å². The van der Waals surface area contributed by atoms with Crippen LogP contribution in [-0.2, 0) is 74.7 Å². The average molecular weight is 805 g/mol. The van der Waals surface area contributed by atoms with Crippen molar-refractivity contribution in [3.05, 3.63) is 6.61 Å². The van der Waals surface area contributed by atoms with Gasteiger partial charge in [-0.15, -0.1) is 0 Å². The number of ether oxygens (including phenoxy) is 4. The summed E-state index contributed by atoms with van der Waals surface area (Å²) in [4.78, 5) is 12.5. The largest absolute Gasteiger partial charge is 0.758 e. The van der Waals surface area contributed by atoms with E-state index in [2.05, 4.69) is 0 Å². The maximum absolute atomic E-state index is 12.5. The SMILES string of the molecule is CC(C)OC[C@@]1(CN)O[C@@H](C)C[C@H]1OP(=O)([O-])O[CH-][C@H]1O[C@@H](C)CC1OC(C)C.[W].[W]. The summed E-state index contributed by atoms with van der Waals surface area (Å²) in [5.41, 5.74) is 4.87. The van der Waals surface area contributed by atoms with Crippen LogP contribution in [0.25, 0.3) is 0 Å². The summed E-state index contributed by atoms with van der Waals surface area (Å²) in [7, 11) is -4.67. The van der Waals surface area contributed by atoms with Gasteiger partial charge >= 0.3 is 0 Å². The van der Waals surface area contributed by atoms with Crippen LogP contribution in [0.15, 0.2) is 0 Å². The smallest absolute Gasteiger partial charge is 0.237 e. The number of nitrogens with two attached hydrogens (primary N) is 1. The first-order valence-electron chi connectivity index (χ1n) is 10.3. The van der Waals surface area contributed by atoms with Gasteiger partial charge in [-0.05, 0) is 54.1 Å². The molecule has 0 aromatic heterocycles. The van der Waals surface area contributed by atoms with Crippen LogP contribution in [0.1, 0.15) is 54.4 Å². The van der Waals surface area contributed by atoms with Gasteiger partial charge in [-0.2, -0.15) is 6.61 Å². The van der Waals surface area contributed by atoms with Crippen molar-refractivity contribution in [3.63, 3.8) is 0 Å². The molecule has 0 saturated carbocycles. The molecule has 12 heteroatoms. The molecule has 2 heterocycles. The van der Waals surface area contributed by atoms with Gasteiger partial charge in [0.2, 0.25) is 7.82 Å². The summed E-state index contributed by atoms with van der Waals surface area (Å²) in [5.74, 6) is 0. The molecule has 9 nitrogen and oxygen atoms in total. The van der Waals surface area contributed by atoms with Gasteiger partial charge in [-0.25, -0.2) is 0 Å². The Balaban J connectivity index is 0.00000450. The Morgan fingerprint density at radius 1 is 1.16 bits per heavy atom. The van der Waals surface area contributed by atoms with Gasteiger partial charge in [0, 0.05) is 55.1 Å². The third-order valence-electron chi connectivity index (χ3n) is 4.92. The van der Waals surface area contributed by atoms with Crippen LogP contribution in [-0.4, -0.2) is 61.5 Å². The van der Waals surface area contributed by atoms with Crippen LogP contribution in [0.3, 0.4) is 0 Å². The second-order valence-electron chi connectivity index (χ2n) is 8.45. The molecule has 31 heavy (non-hydrogen) atoms. The Morgan fingerprint density at radius 2 is 1.81 bits per heavy atom. The van der Waals surface area contributed by atoms with Gasteiger partial charge in [-0.1, -0.05) is 0 Å². The van der Waals surface area contributed by atoms with Crippen LogP contribution >= 0.6 is 7.82 Å². The predicted octanol–water partition coefficient (Wildman–Crippen LogP) is 1.92. The van der Waals surface area contributed by atoms with Crippen molar-refractivity contribution < 1.29 is 79.6 Å². The molecule has 2 aliphatic heterocycles. The van der Waals surface area contributed by atoms with E-state index in [1.165, 1.54) is 0 Å². The van der Waals surface area contributed by atoms with Gasteiger partial charge in [0.1, 0.15) is 11.7 Å². The first-order chi connectivity index (χ1) is 13.5. The van der Waals surface area contributed by atoms with Gasteiger partial charge < -0.3 is 38.6 Å². The molecule has 0 bridgehead atoms. The third-order valence-corrected chi connectivity index (χ3v) is 5.82. The molecule has 0 aliphatic carbocycles. The molecular weight excluding hydrogens is 769 g/mol. The summed E-state index contributed by atoms with van der Waals surface area (Å²) in [6.45, 7) is 12.7. The minimum atomic E-state index is -4.67. The molecule has 0 aromatic rings. The van der Waals surface area contributed by atoms with Gasteiger partial charge in [0.25, 0.3) is 0 Å². The maximum Gasteiger partial charge on any atom is 0.237 e. The molecule has 2 N–H and O–H groups in total. The third kappa shape index (κ3) is 9.82. The van der Waals surface area contributed by atoms with Gasteiger partial charge in [0.15, 0.2) is 0 Å². The molecule has 2 saturated heterocycles. The summed E-state index contributed by atoms with van der Waals surface area (Å²) >= 11 is 0. The second kappa shape index (κ2) is 14.0. The Labute approximate surface area is 214 Å². The van der Waals surface area contributed by atoms with E-state index in [9.17, 15) is 9.46 Å². The van der Waals surface area contributed by atoms with Crippen molar-refractivity contribution >= 4 is 7.82 Å². The molecule has 0 spiro atoms. The average Bonchev–Trinajstić information content (AvgIpc) is 3.09. The summed E-state index contributed by atoms with van der Waals surface area (Å²) in [5, 5.41) is 0. The molecule has 0 aromatic carbocycles. The number of hydrogen-bond acceptors (Lipinski definition) is 9. The van der Waals surface area contributed by atoms with Crippen LogP contribution in [0.2, 0.25) is 0 Å². The van der Waals surface area contributed by atoms with E-state index < -0.39 is 25.6 Å². The topological polar surface area (TPSA) is 122 Å². The van der Waals surface area contributed by atoms with Gasteiger partial charge in [0.05, 0.1) is 37.1 Å². The Kier molecular flexibility index (Phi) is 14.6. The standard InChI is InChI=1S/C19H37NO8P.2W/c1-12(2)23-11-19(10-20)18(8-15(6)27-19)28-29(21,22)24-9-17-16(25-13(3)4)7-14(5)26-17;;/h9,12-18H,7-8,10-11,20H2,1-6H3,(H,21,22);;/q-1;;/p-1/t14-,15-,16?,17+,18+,19+;;/m0../s1. The number of hydrogen-bond donors (Lipinski definition) is 1. The number of phosphoric ester groups is 1. The zero-order valence-electron chi connectivity index (χ0n) is 19.1. The zero-order valence-corrected chi connectivity index (χ0v) is 25.8. The molecule has 0 amide bonds. The molecular formula is C19H36NO8PW2-2. The van der Waals surface area contributed by atoms with Crippen LogP contribution < -0.4 is 10.6 Å². The van der Waals surface area contributed by atoms with E-state index >= 15 is 0 Å². The van der Waals surface area contributed by atoms with E-state index in [0.717, 1.165) is 6.61 Å². The molecule has 2 aliphatic rings. The molecule has 2 rings (SSSR count). The monoisotopic (exact) mass is 805 g/mol. The fourth-order valence-corrected chi connectivity index (χ4v) is 4.55. The predicted molar refractivity (Wildman–Crippen MR) is 105 cm³/mol. The minimum Gasteiger partial charge on any atom is -0.758 e. The van der Waals surface area contributed by atoms with E-state index in [1.807, 2.05) is 41.5 Å². The first kappa shape index (κ1) is 32.3. The van der Waals surface area contributed by atoms with Crippen LogP contribution in [0.4, 0.5) is 0 Å². The molecule has 0 radical (unpaired) electrons. The quantitative estimate of drug-likeness (QED) is 0.247. The Bertz CT molecular complexity index is 573. The fraction of sp³-hybridized carbons (Fsp3) is 0.947.